The molecule has 1 aliphatic rings. The molecule has 0 aromatic heterocycles. The molecule has 0 N–H and O–H groups in total. The molecule has 1 aliphatic carbocycles. The summed E-state index contributed by atoms with van der Waals surface area (Å²) in [5.41, 5.74) is 0. The molecular formula is C16H30O2. The largest absolute Gasteiger partial charge is 0.378 e. The maximum absolute atomic E-state index is 11.8. The smallest absolute Gasteiger partial charge is 0.133 e. The van der Waals surface area contributed by atoms with Gasteiger partial charge in [-0.05, 0) is 32.1 Å². The van der Waals surface area contributed by atoms with Gasteiger partial charge in [0.05, 0.1) is 6.10 Å². The molecular weight excluding hydrogens is 224 g/mol. The number of rotatable bonds is 11. The van der Waals surface area contributed by atoms with E-state index in [1.54, 1.807) is 0 Å². The Bertz CT molecular complexity index is 219. The first-order valence-electron chi connectivity index (χ1n) is 7.89. The van der Waals surface area contributed by atoms with Gasteiger partial charge in [0, 0.05) is 19.4 Å². The van der Waals surface area contributed by atoms with Crippen molar-refractivity contribution in [1.82, 2.24) is 0 Å². The van der Waals surface area contributed by atoms with Crippen molar-refractivity contribution in [2.45, 2.75) is 84.2 Å². The number of ether oxygens (including phenoxy) is 1. The van der Waals surface area contributed by atoms with Gasteiger partial charge < -0.3 is 4.74 Å². The Morgan fingerprint density at radius 1 is 1.06 bits per heavy atom. The minimum Gasteiger partial charge on any atom is -0.378 e. The standard InChI is InChI=1S/C16H30O2/c1-3-5-6-7-8-9-10-15(17)11-14-12-16(13-14)18-4-2/h14,16H,3-13H2,1-2H3. The molecule has 0 aliphatic heterocycles. The van der Waals surface area contributed by atoms with Crippen molar-refractivity contribution in [3.05, 3.63) is 0 Å². The van der Waals surface area contributed by atoms with Crippen molar-refractivity contribution < 1.29 is 9.53 Å². The first kappa shape index (κ1) is 15.7. The lowest BCUT2D eigenvalue weighted by Crippen LogP contribution is -2.32. The van der Waals surface area contributed by atoms with Crippen molar-refractivity contribution >= 4 is 5.78 Å². The molecule has 0 aromatic rings. The van der Waals surface area contributed by atoms with Crippen LogP contribution in [0.4, 0.5) is 0 Å². The predicted molar refractivity (Wildman–Crippen MR) is 75.8 cm³/mol. The topological polar surface area (TPSA) is 26.3 Å². The molecule has 1 rings (SSSR count). The Balaban J connectivity index is 1.89. The van der Waals surface area contributed by atoms with Gasteiger partial charge in [0.15, 0.2) is 0 Å². The lowest BCUT2D eigenvalue weighted by Gasteiger charge is -2.34. The number of unbranched alkanes of at least 4 members (excludes halogenated alkanes) is 5. The van der Waals surface area contributed by atoms with E-state index in [0.29, 0.717) is 17.8 Å². The fraction of sp³-hybridized carbons (Fsp3) is 0.938. The Labute approximate surface area is 112 Å². The zero-order valence-electron chi connectivity index (χ0n) is 12.2. The highest BCUT2D eigenvalue weighted by atomic mass is 16.5. The van der Waals surface area contributed by atoms with Crippen LogP contribution < -0.4 is 0 Å². The van der Waals surface area contributed by atoms with Crippen molar-refractivity contribution in [3.8, 4) is 0 Å². The molecule has 0 atom stereocenters. The van der Waals surface area contributed by atoms with E-state index < -0.39 is 0 Å². The minimum absolute atomic E-state index is 0.446. The zero-order chi connectivity index (χ0) is 13.2. The molecule has 0 saturated heterocycles. The molecule has 2 heteroatoms. The average molecular weight is 254 g/mol. The van der Waals surface area contributed by atoms with Crippen molar-refractivity contribution in [2.75, 3.05) is 6.61 Å². The lowest BCUT2D eigenvalue weighted by molar-refractivity contribution is -0.122. The van der Waals surface area contributed by atoms with Gasteiger partial charge in [-0.1, -0.05) is 39.0 Å². The summed E-state index contributed by atoms with van der Waals surface area (Å²) in [5.74, 6) is 1.10. The number of ketones is 1. The third kappa shape index (κ3) is 6.53. The highest BCUT2D eigenvalue weighted by Gasteiger charge is 2.30. The van der Waals surface area contributed by atoms with Crippen molar-refractivity contribution in [3.63, 3.8) is 0 Å². The zero-order valence-corrected chi connectivity index (χ0v) is 12.2. The maximum atomic E-state index is 11.8. The first-order valence-corrected chi connectivity index (χ1v) is 7.89. The first-order chi connectivity index (χ1) is 8.76. The van der Waals surface area contributed by atoms with E-state index in [9.17, 15) is 4.79 Å². The molecule has 0 bridgehead atoms. The van der Waals surface area contributed by atoms with E-state index in [1.807, 2.05) is 6.92 Å². The summed E-state index contributed by atoms with van der Waals surface area (Å²) in [6.45, 7) is 5.08. The fourth-order valence-electron chi connectivity index (χ4n) is 2.74. The van der Waals surface area contributed by atoms with Gasteiger partial charge in [-0.3, -0.25) is 4.79 Å². The summed E-state index contributed by atoms with van der Waals surface area (Å²) in [4.78, 5) is 11.8. The predicted octanol–water partition coefficient (Wildman–Crippen LogP) is 4.51. The Hall–Kier alpha value is -0.370. The molecule has 1 saturated carbocycles. The van der Waals surface area contributed by atoms with Crippen LogP contribution in [0.3, 0.4) is 0 Å². The number of hydrogen-bond acceptors (Lipinski definition) is 2. The van der Waals surface area contributed by atoms with E-state index in [1.165, 1.54) is 32.1 Å². The summed E-state index contributed by atoms with van der Waals surface area (Å²) in [6.07, 6.45) is 11.9. The molecule has 18 heavy (non-hydrogen) atoms. The number of carbonyl (C=O) groups is 1. The van der Waals surface area contributed by atoms with Gasteiger partial charge in [0.2, 0.25) is 0 Å². The Morgan fingerprint density at radius 2 is 1.72 bits per heavy atom. The SMILES string of the molecule is CCCCCCCCC(=O)CC1CC(OCC)C1. The van der Waals surface area contributed by atoms with Gasteiger partial charge in [-0.25, -0.2) is 0 Å². The molecule has 0 spiro atoms. The van der Waals surface area contributed by atoms with Crippen LogP contribution in [0.1, 0.15) is 78.1 Å². The fourth-order valence-corrected chi connectivity index (χ4v) is 2.74. The second kappa shape index (κ2) is 9.55. The highest BCUT2D eigenvalue weighted by molar-refractivity contribution is 5.78. The van der Waals surface area contributed by atoms with Gasteiger partial charge in [0.25, 0.3) is 0 Å². The van der Waals surface area contributed by atoms with E-state index >= 15 is 0 Å². The van der Waals surface area contributed by atoms with Gasteiger partial charge in [-0.2, -0.15) is 0 Å². The molecule has 0 aromatic carbocycles. The number of Topliss-reactive ketones (excluding diaryl/α,β-unsaturated/α-hetero) is 1. The van der Waals surface area contributed by atoms with E-state index in [2.05, 4.69) is 6.92 Å². The maximum Gasteiger partial charge on any atom is 0.133 e. The normalized spacial score (nSPS) is 22.8. The van der Waals surface area contributed by atoms with Crippen LogP contribution in [0.5, 0.6) is 0 Å². The second-order valence-electron chi connectivity index (χ2n) is 5.68. The average Bonchev–Trinajstić information content (AvgIpc) is 2.31. The molecule has 2 nitrogen and oxygen atoms in total. The summed E-state index contributed by atoms with van der Waals surface area (Å²) in [7, 11) is 0. The van der Waals surface area contributed by atoms with Crippen LogP contribution in [0.2, 0.25) is 0 Å². The minimum atomic E-state index is 0.446. The lowest BCUT2D eigenvalue weighted by atomic mass is 9.78. The third-order valence-corrected chi connectivity index (χ3v) is 3.92. The quantitative estimate of drug-likeness (QED) is 0.507. The van der Waals surface area contributed by atoms with Crippen LogP contribution in [-0.2, 0) is 9.53 Å². The van der Waals surface area contributed by atoms with Crippen molar-refractivity contribution in [2.24, 2.45) is 5.92 Å². The number of carbonyl (C=O) groups excluding carboxylic acids is 1. The molecule has 0 radical (unpaired) electrons. The van der Waals surface area contributed by atoms with Crippen LogP contribution in [0, 0.1) is 5.92 Å². The molecule has 0 unspecified atom stereocenters. The van der Waals surface area contributed by atoms with Crippen LogP contribution in [0.15, 0.2) is 0 Å². The summed E-state index contributed by atoms with van der Waals surface area (Å²) >= 11 is 0. The summed E-state index contributed by atoms with van der Waals surface area (Å²) < 4.78 is 5.51. The Morgan fingerprint density at radius 3 is 2.39 bits per heavy atom. The third-order valence-electron chi connectivity index (χ3n) is 3.92. The summed E-state index contributed by atoms with van der Waals surface area (Å²) in [6, 6.07) is 0. The van der Waals surface area contributed by atoms with Crippen LogP contribution in [-0.4, -0.2) is 18.5 Å². The summed E-state index contributed by atoms with van der Waals surface area (Å²) in [5, 5.41) is 0. The molecule has 1 fully saturated rings. The molecule has 0 heterocycles. The van der Waals surface area contributed by atoms with Gasteiger partial charge in [-0.15, -0.1) is 0 Å². The highest BCUT2D eigenvalue weighted by Crippen LogP contribution is 2.33. The van der Waals surface area contributed by atoms with Gasteiger partial charge >= 0.3 is 0 Å². The van der Waals surface area contributed by atoms with Crippen LogP contribution in [0.25, 0.3) is 0 Å². The molecule has 106 valence electrons. The van der Waals surface area contributed by atoms with Crippen LogP contribution >= 0.6 is 0 Å². The Kier molecular flexibility index (Phi) is 8.32. The number of hydrogen-bond donors (Lipinski definition) is 0. The van der Waals surface area contributed by atoms with E-state index in [-0.39, 0.29) is 0 Å². The monoisotopic (exact) mass is 254 g/mol. The van der Waals surface area contributed by atoms with E-state index in [4.69, 9.17) is 4.74 Å². The van der Waals surface area contributed by atoms with E-state index in [0.717, 1.165) is 38.7 Å². The van der Waals surface area contributed by atoms with Crippen molar-refractivity contribution in [1.29, 1.82) is 0 Å². The van der Waals surface area contributed by atoms with Gasteiger partial charge in [0.1, 0.15) is 5.78 Å². The molecule has 0 amide bonds. The second-order valence-corrected chi connectivity index (χ2v) is 5.68.